The highest BCUT2D eigenvalue weighted by atomic mass is 16.4. The van der Waals surface area contributed by atoms with E-state index in [0.29, 0.717) is 17.1 Å². The van der Waals surface area contributed by atoms with Crippen LogP contribution in [0.25, 0.3) is 45.0 Å². The second-order valence-corrected chi connectivity index (χ2v) is 8.25. The zero-order valence-electron chi connectivity index (χ0n) is 17.6. The highest BCUT2D eigenvalue weighted by Crippen LogP contribution is 2.46. The molecule has 0 amide bonds. The largest absolute Gasteiger partial charge is 0.478 e. The predicted molar refractivity (Wildman–Crippen MR) is 128 cm³/mol. The molecule has 2 heterocycles. The van der Waals surface area contributed by atoms with Crippen LogP contribution in [0.2, 0.25) is 0 Å². The van der Waals surface area contributed by atoms with Crippen molar-refractivity contribution < 1.29 is 14.3 Å². The normalized spacial score (nSPS) is 14.2. The number of hydrogen-bond acceptors (Lipinski definition) is 3. The molecule has 0 unspecified atom stereocenters. The van der Waals surface area contributed by atoms with E-state index in [9.17, 15) is 14.7 Å². The standard InChI is InChI=1S/C28H19NO4/c30-18-10-12-22-25(14-18)33-27-16(13-17-15-29-24-8-4-3-5-19(17)24)9-11-23(27)26(22)20-6-1-2-7-21(20)28(31)32/h1-8,10,12-15,29H,9,11H2,(H,31,32). The monoisotopic (exact) mass is 433 g/mol. The summed E-state index contributed by atoms with van der Waals surface area (Å²) in [6.45, 7) is 0. The first-order valence-corrected chi connectivity index (χ1v) is 10.8. The van der Waals surface area contributed by atoms with Gasteiger partial charge in [-0.3, -0.25) is 4.79 Å². The second kappa shape index (κ2) is 7.35. The molecule has 160 valence electrons. The van der Waals surface area contributed by atoms with Crippen molar-refractivity contribution in [2.24, 2.45) is 0 Å². The maximum absolute atomic E-state index is 12.1. The Morgan fingerprint density at radius 2 is 1.79 bits per heavy atom. The maximum Gasteiger partial charge on any atom is 0.336 e. The summed E-state index contributed by atoms with van der Waals surface area (Å²) in [4.78, 5) is 27.4. The van der Waals surface area contributed by atoms with Gasteiger partial charge in [0.15, 0.2) is 5.43 Å². The van der Waals surface area contributed by atoms with Crippen LogP contribution in [0.4, 0.5) is 0 Å². The van der Waals surface area contributed by atoms with Crippen LogP contribution in [-0.4, -0.2) is 16.1 Å². The molecule has 0 bridgehead atoms. The average Bonchev–Trinajstić information content (AvgIpc) is 3.42. The zero-order chi connectivity index (χ0) is 22.5. The first kappa shape index (κ1) is 19.3. The van der Waals surface area contributed by atoms with Crippen molar-refractivity contribution in [3.05, 3.63) is 106 Å². The minimum Gasteiger partial charge on any atom is -0.478 e. The highest BCUT2D eigenvalue weighted by molar-refractivity contribution is 6.02. The van der Waals surface area contributed by atoms with E-state index < -0.39 is 5.97 Å². The first-order chi connectivity index (χ1) is 16.1. The third-order valence-corrected chi connectivity index (χ3v) is 6.32. The molecule has 2 N–H and O–H groups in total. The lowest BCUT2D eigenvalue weighted by atomic mass is 9.89. The summed E-state index contributed by atoms with van der Waals surface area (Å²) in [5.41, 5.74) is 6.41. The third kappa shape index (κ3) is 3.09. The van der Waals surface area contributed by atoms with Gasteiger partial charge in [-0.15, -0.1) is 0 Å². The summed E-state index contributed by atoms with van der Waals surface area (Å²) >= 11 is 0. The Bertz CT molecular complexity index is 1620. The van der Waals surface area contributed by atoms with E-state index in [1.807, 2.05) is 36.5 Å². The number of benzene rings is 3. The fraction of sp³-hybridized carbons (Fsp3) is 0.0714. The molecule has 0 radical (unpaired) electrons. The number of H-pyrrole nitrogens is 1. The van der Waals surface area contributed by atoms with Gasteiger partial charge in [-0.25, -0.2) is 4.79 Å². The molecule has 1 aromatic heterocycles. The molecule has 3 aromatic rings. The molecule has 0 saturated heterocycles. The van der Waals surface area contributed by atoms with E-state index in [2.05, 4.69) is 17.1 Å². The van der Waals surface area contributed by atoms with Gasteiger partial charge >= 0.3 is 5.97 Å². The maximum atomic E-state index is 12.1. The van der Waals surface area contributed by atoms with Crippen molar-refractivity contribution in [1.29, 1.82) is 0 Å². The molecule has 3 aliphatic rings. The number of aromatic carboxylic acids is 1. The van der Waals surface area contributed by atoms with E-state index in [1.54, 1.807) is 18.2 Å². The Morgan fingerprint density at radius 3 is 2.67 bits per heavy atom. The lowest BCUT2D eigenvalue weighted by Crippen LogP contribution is -2.05. The minimum atomic E-state index is -0.985. The molecule has 6 rings (SSSR count). The highest BCUT2D eigenvalue weighted by Gasteiger charge is 2.29. The molecule has 1 aliphatic heterocycles. The van der Waals surface area contributed by atoms with Crippen molar-refractivity contribution in [1.82, 2.24) is 4.98 Å². The summed E-state index contributed by atoms with van der Waals surface area (Å²) in [6.07, 6.45) is 5.59. The summed E-state index contributed by atoms with van der Waals surface area (Å²) in [6, 6.07) is 19.8. The Hall–Kier alpha value is -4.38. The van der Waals surface area contributed by atoms with Gasteiger partial charge in [0.2, 0.25) is 0 Å². The van der Waals surface area contributed by atoms with E-state index >= 15 is 0 Å². The molecule has 0 atom stereocenters. The number of carboxylic acids is 1. The van der Waals surface area contributed by atoms with Gasteiger partial charge in [-0.2, -0.15) is 0 Å². The van der Waals surface area contributed by atoms with Crippen molar-refractivity contribution in [2.75, 3.05) is 0 Å². The Labute approximate surface area is 189 Å². The number of aromatic amines is 1. The Balaban J connectivity index is 1.63. The van der Waals surface area contributed by atoms with Crippen LogP contribution in [-0.2, 0) is 6.42 Å². The third-order valence-electron chi connectivity index (χ3n) is 6.32. The molecule has 5 heteroatoms. The second-order valence-electron chi connectivity index (χ2n) is 8.25. The van der Waals surface area contributed by atoms with Crippen LogP contribution in [0.15, 0.2) is 82.1 Å². The molecule has 0 saturated carbocycles. The molecule has 0 spiro atoms. The SMILES string of the molecule is O=C(O)c1ccccc1-c1c2ccc(=O)cc-2oc2c1CCC2=Cc1c[nH]c2ccccc12. The van der Waals surface area contributed by atoms with Crippen LogP contribution >= 0.6 is 0 Å². The van der Waals surface area contributed by atoms with E-state index in [0.717, 1.165) is 51.6 Å². The summed E-state index contributed by atoms with van der Waals surface area (Å²) in [5.74, 6) is 0.193. The van der Waals surface area contributed by atoms with Gasteiger partial charge in [0.1, 0.15) is 11.5 Å². The lowest BCUT2D eigenvalue weighted by Gasteiger charge is -2.18. The fourth-order valence-electron chi connectivity index (χ4n) is 4.85. The number of carboxylic acid groups (broad SMARTS) is 1. The number of rotatable bonds is 3. The van der Waals surface area contributed by atoms with Gasteiger partial charge in [-0.1, -0.05) is 36.4 Å². The molecular weight excluding hydrogens is 414 g/mol. The van der Waals surface area contributed by atoms with Gasteiger partial charge in [0, 0.05) is 45.4 Å². The number of para-hydroxylation sites is 1. The van der Waals surface area contributed by atoms with Crippen LogP contribution in [0.5, 0.6) is 0 Å². The van der Waals surface area contributed by atoms with Crippen LogP contribution in [0, 0.1) is 0 Å². The van der Waals surface area contributed by atoms with Crippen molar-refractivity contribution in [2.45, 2.75) is 12.8 Å². The van der Waals surface area contributed by atoms with Crippen LogP contribution in [0.1, 0.15) is 33.7 Å². The zero-order valence-corrected chi connectivity index (χ0v) is 17.6. The first-order valence-electron chi connectivity index (χ1n) is 10.8. The van der Waals surface area contributed by atoms with Gasteiger partial charge in [-0.05, 0) is 54.3 Å². The minimum absolute atomic E-state index is 0.149. The van der Waals surface area contributed by atoms with Crippen LogP contribution in [0.3, 0.4) is 0 Å². The average molecular weight is 433 g/mol. The van der Waals surface area contributed by atoms with Crippen LogP contribution < -0.4 is 5.43 Å². The molecule has 2 aromatic carbocycles. The molecule has 0 fully saturated rings. The summed E-state index contributed by atoms with van der Waals surface area (Å²) in [5, 5.41) is 10.9. The van der Waals surface area contributed by atoms with Crippen molar-refractivity contribution in [3.63, 3.8) is 0 Å². The number of fused-ring (bicyclic) bond motifs is 3. The lowest BCUT2D eigenvalue weighted by molar-refractivity contribution is 0.0697. The predicted octanol–water partition coefficient (Wildman–Crippen LogP) is 6.08. The number of allylic oxidation sites excluding steroid dienone is 1. The van der Waals surface area contributed by atoms with Gasteiger partial charge in [0.25, 0.3) is 0 Å². The van der Waals surface area contributed by atoms with E-state index in [4.69, 9.17) is 4.42 Å². The van der Waals surface area contributed by atoms with Gasteiger partial charge in [0.05, 0.1) is 5.56 Å². The molecule has 33 heavy (non-hydrogen) atoms. The quantitative estimate of drug-likeness (QED) is 0.361. The number of hydrogen-bond donors (Lipinski definition) is 2. The Kier molecular flexibility index (Phi) is 4.30. The molecule has 5 nitrogen and oxygen atoms in total. The number of carbonyl (C=O) groups is 1. The van der Waals surface area contributed by atoms with Crippen molar-refractivity contribution >= 4 is 28.5 Å². The fourth-order valence-corrected chi connectivity index (χ4v) is 4.85. The number of nitrogens with one attached hydrogen (secondary N) is 1. The van der Waals surface area contributed by atoms with Gasteiger partial charge < -0.3 is 14.5 Å². The summed E-state index contributed by atoms with van der Waals surface area (Å²) in [7, 11) is 0. The van der Waals surface area contributed by atoms with E-state index in [1.165, 1.54) is 12.1 Å². The van der Waals surface area contributed by atoms with E-state index in [-0.39, 0.29) is 11.0 Å². The molecule has 2 aliphatic carbocycles. The number of aromatic nitrogens is 1. The smallest absolute Gasteiger partial charge is 0.336 e. The topological polar surface area (TPSA) is 83.3 Å². The summed E-state index contributed by atoms with van der Waals surface area (Å²) < 4.78 is 6.30. The Morgan fingerprint density at radius 1 is 0.970 bits per heavy atom. The van der Waals surface area contributed by atoms with Crippen molar-refractivity contribution in [3.8, 4) is 22.5 Å². The molecular formula is C28H19NO4.